The van der Waals surface area contributed by atoms with Crippen LogP contribution in [0.4, 0.5) is 0 Å². The molecular weight excluding hydrogens is 432 g/mol. The van der Waals surface area contributed by atoms with Gasteiger partial charge in [-0.2, -0.15) is 0 Å². The van der Waals surface area contributed by atoms with Crippen LogP contribution >= 0.6 is 11.6 Å². The fourth-order valence-electron chi connectivity index (χ4n) is 3.58. The number of rotatable bonds is 7. The number of fused-ring (bicyclic) bond motifs is 1. The van der Waals surface area contributed by atoms with Crippen molar-refractivity contribution in [3.63, 3.8) is 0 Å². The number of amides is 1. The lowest BCUT2D eigenvalue weighted by Crippen LogP contribution is -2.48. The molecule has 1 amide bonds. The Labute approximate surface area is 189 Å². The second-order valence-electron chi connectivity index (χ2n) is 8.35. The number of carbonyl (C=O) groups excluding carboxylic acids is 2. The van der Waals surface area contributed by atoms with Crippen LogP contribution < -0.4 is 10.9 Å². The first-order valence-corrected chi connectivity index (χ1v) is 10.6. The topological polar surface area (TPSA) is 97.5 Å². The second kappa shape index (κ2) is 9.14. The molecule has 1 saturated heterocycles. The monoisotopic (exact) mass is 454 g/mol. The lowest BCUT2D eigenvalue weighted by molar-refractivity contribution is -0.167. The molecule has 0 spiro atoms. The molecule has 0 bridgehead atoms. The summed E-state index contributed by atoms with van der Waals surface area (Å²) in [7, 11) is 0. The number of pyridine rings is 1. The van der Waals surface area contributed by atoms with E-state index < -0.39 is 17.9 Å². The molecule has 1 atom stereocenters. The Morgan fingerprint density at radius 1 is 1.19 bits per heavy atom. The predicted octanol–water partition coefficient (Wildman–Crippen LogP) is 3.10. The van der Waals surface area contributed by atoms with Gasteiger partial charge in [0.1, 0.15) is 12.6 Å². The van der Waals surface area contributed by atoms with E-state index in [1.54, 1.807) is 30.3 Å². The summed E-state index contributed by atoms with van der Waals surface area (Å²) in [5.41, 5.74) is 1.15. The van der Waals surface area contributed by atoms with E-state index in [2.05, 4.69) is 10.3 Å². The number of hydrogen-bond acceptors (Lipinski definition) is 5. The van der Waals surface area contributed by atoms with Crippen molar-refractivity contribution in [2.24, 2.45) is 5.41 Å². The summed E-state index contributed by atoms with van der Waals surface area (Å²) in [6.45, 7) is 3.19. The molecule has 2 aromatic carbocycles. The van der Waals surface area contributed by atoms with E-state index >= 15 is 0 Å². The van der Waals surface area contributed by atoms with Crippen LogP contribution in [0.25, 0.3) is 10.9 Å². The number of benzene rings is 2. The molecule has 0 radical (unpaired) electrons. The summed E-state index contributed by atoms with van der Waals surface area (Å²) in [5.74, 6) is -0.999. The van der Waals surface area contributed by atoms with Crippen molar-refractivity contribution in [2.75, 3.05) is 19.8 Å². The predicted molar refractivity (Wildman–Crippen MR) is 121 cm³/mol. The summed E-state index contributed by atoms with van der Waals surface area (Å²) in [5, 5.41) is 4.06. The van der Waals surface area contributed by atoms with Gasteiger partial charge in [0.15, 0.2) is 0 Å². The molecule has 1 fully saturated rings. The second-order valence-corrected chi connectivity index (χ2v) is 8.79. The first-order valence-electron chi connectivity index (χ1n) is 10.2. The zero-order valence-corrected chi connectivity index (χ0v) is 18.3. The number of aromatic nitrogens is 1. The van der Waals surface area contributed by atoms with Gasteiger partial charge < -0.3 is 19.8 Å². The average Bonchev–Trinajstić information content (AvgIpc) is 2.76. The Kier molecular flexibility index (Phi) is 6.30. The molecule has 7 nitrogen and oxygen atoms in total. The number of hydrogen-bond donors (Lipinski definition) is 2. The van der Waals surface area contributed by atoms with Crippen molar-refractivity contribution >= 4 is 34.4 Å². The Morgan fingerprint density at radius 2 is 1.91 bits per heavy atom. The van der Waals surface area contributed by atoms with Crippen LogP contribution in [0.2, 0.25) is 5.02 Å². The Morgan fingerprint density at radius 3 is 2.59 bits per heavy atom. The van der Waals surface area contributed by atoms with Crippen molar-refractivity contribution in [1.29, 1.82) is 0 Å². The minimum Gasteiger partial charge on any atom is -0.463 e. The third-order valence-corrected chi connectivity index (χ3v) is 5.67. The standard InChI is InChI=1S/C24H23ClN2O5/c1-24(12-31-13-24)14-32-23(30)20(27-22(29)15-6-8-17(25)9-7-15)10-16-11-21(28)26-19-5-3-2-4-18(16)19/h2-9,11,20H,10,12-14H2,1H3,(H,26,28)(H,27,29). The van der Waals surface area contributed by atoms with E-state index in [4.69, 9.17) is 21.1 Å². The third-order valence-electron chi connectivity index (χ3n) is 5.42. The van der Waals surface area contributed by atoms with Gasteiger partial charge in [0, 0.05) is 39.4 Å². The molecule has 3 aromatic rings. The van der Waals surface area contributed by atoms with E-state index in [0.29, 0.717) is 34.9 Å². The maximum atomic E-state index is 13.0. The summed E-state index contributed by atoms with van der Waals surface area (Å²) >= 11 is 5.90. The molecule has 8 heteroatoms. The van der Waals surface area contributed by atoms with E-state index in [-0.39, 0.29) is 24.0 Å². The number of esters is 1. The van der Waals surface area contributed by atoms with Crippen LogP contribution in [0, 0.1) is 5.41 Å². The Hall–Kier alpha value is -3.16. The molecule has 4 rings (SSSR count). The van der Waals surface area contributed by atoms with Crippen LogP contribution in [-0.2, 0) is 20.7 Å². The number of carbonyl (C=O) groups is 2. The molecule has 1 aromatic heterocycles. The number of aromatic amines is 1. The molecular formula is C24H23ClN2O5. The highest BCUT2D eigenvalue weighted by atomic mass is 35.5. The van der Waals surface area contributed by atoms with Gasteiger partial charge in [-0.3, -0.25) is 9.59 Å². The number of ether oxygens (including phenoxy) is 2. The van der Waals surface area contributed by atoms with Gasteiger partial charge in [0.25, 0.3) is 5.91 Å². The van der Waals surface area contributed by atoms with Gasteiger partial charge in [-0.25, -0.2) is 4.79 Å². The van der Waals surface area contributed by atoms with E-state index in [1.807, 2.05) is 25.1 Å². The molecule has 1 unspecified atom stereocenters. The van der Waals surface area contributed by atoms with Crippen molar-refractivity contribution in [1.82, 2.24) is 10.3 Å². The highest BCUT2D eigenvalue weighted by Crippen LogP contribution is 2.27. The van der Waals surface area contributed by atoms with Crippen LogP contribution in [0.5, 0.6) is 0 Å². The molecule has 166 valence electrons. The minimum absolute atomic E-state index is 0.107. The largest absolute Gasteiger partial charge is 0.463 e. The first-order chi connectivity index (χ1) is 15.3. The quantitative estimate of drug-likeness (QED) is 0.534. The highest BCUT2D eigenvalue weighted by molar-refractivity contribution is 6.30. The van der Waals surface area contributed by atoms with E-state index in [1.165, 1.54) is 6.07 Å². The van der Waals surface area contributed by atoms with Crippen LogP contribution in [0.15, 0.2) is 59.4 Å². The molecule has 2 N–H and O–H groups in total. The van der Waals surface area contributed by atoms with Crippen molar-refractivity contribution < 1.29 is 19.1 Å². The smallest absolute Gasteiger partial charge is 0.329 e. The molecule has 1 aliphatic heterocycles. The number of halogens is 1. The lowest BCUT2D eigenvalue weighted by atomic mass is 9.90. The number of H-pyrrole nitrogens is 1. The molecule has 0 aliphatic carbocycles. The Balaban J connectivity index is 1.59. The number of nitrogens with one attached hydrogen (secondary N) is 2. The van der Waals surface area contributed by atoms with E-state index in [0.717, 1.165) is 5.39 Å². The van der Waals surface area contributed by atoms with Gasteiger partial charge in [-0.15, -0.1) is 0 Å². The van der Waals surface area contributed by atoms with Crippen LogP contribution in [0.3, 0.4) is 0 Å². The minimum atomic E-state index is -0.979. The maximum Gasteiger partial charge on any atom is 0.329 e. The zero-order valence-electron chi connectivity index (χ0n) is 17.5. The fourth-order valence-corrected chi connectivity index (χ4v) is 3.71. The highest BCUT2D eigenvalue weighted by Gasteiger charge is 2.36. The third kappa shape index (κ3) is 5.00. The lowest BCUT2D eigenvalue weighted by Gasteiger charge is -2.37. The van der Waals surface area contributed by atoms with Gasteiger partial charge in [0.05, 0.1) is 13.2 Å². The molecule has 2 heterocycles. The number of para-hydroxylation sites is 1. The maximum absolute atomic E-state index is 13.0. The Bertz CT molecular complexity index is 1200. The summed E-state index contributed by atoms with van der Waals surface area (Å²) in [4.78, 5) is 40.7. The SMILES string of the molecule is CC1(COC(=O)C(Cc2cc(=O)[nH]c3ccccc23)NC(=O)c2ccc(Cl)cc2)COC1. The van der Waals surface area contributed by atoms with Crippen molar-refractivity contribution in [3.8, 4) is 0 Å². The normalized spacial score (nSPS) is 15.6. The summed E-state index contributed by atoms with van der Waals surface area (Å²) in [6, 6.07) is 14.1. The van der Waals surface area contributed by atoms with Gasteiger partial charge in [-0.05, 0) is 35.9 Å². The zero-order chi connectivity index (χ0) is 22.7. The molecule has 32 heavy (non-hydrogen) atoms. The van der Waals surface area contributed by atoms with Crippen molar-refractivity contribution in [3.05, 3.63) is 81.1 Å². The molecule has 0 saturated carbocycles. The van der Waals surface area contributed by atoms with E-state index in [9.17, 15) is 14.4 Å². The first kappa shape index (κ1) is 22.0. The van der Waals surface area contributed by atoms with Crippen molar-refractivity contribution in [2.45, 2.75) is 19.4 Å². The summed E-state index contributed by atoms with van der Waals surface area (Å²) < 4.78 is 10.8. The summed E-state index contributed by atoms with van der Waals surface area (Å²) in [6.07, 6.45) is 0.107. The van der Waals surface area contributed by atoms with Crippen LogP contribution in [-0.4, -0.2) is 42.7 Å². The van der Waals surface area contributed by atoms with Gasteiger partial charge in [-0.1, -0.05) is 36.7 Å². The molecule has 1 aliphatic rings. The fraction of sp³-hybridized carbons (Fsp3) is 0.292. The average molecular weight is 455 g/mol. The van der Waals surface area contributed by atoms with Gasteiger partial charge in [0.2, 0.25) is 5.56 Å². The van der Waals surface area contributed by atoms with Gasteiger partial charge >= 0.3 is 5.97 Å². The van der Waals surface area contributed by atoms with Crippen LogP contribution in [0.1, 0.15) is 22.8 Å².